The van der Waals surface area contributed by atoms with Gasteiger partial charge in [-0.2, -0.15) is 13.2 Å². The number of nitrogens with one attached hydrogen (secondary N) is 1. The molecule has 3 aromatic heterocycles. The van der Waals surface area contributed by atoms with Crippen molar-refractivity contribution in [3.05, 3.63) is 76.9 Å². The van der Waals surface area contributed by atoms with E-state index in [4.69, 9.17) is 9.47 Å². The fourth-order valence-corrected chi connectivity index (χ4v) is 6.43. The van der Waals surface area contributed by atoms with Gasteiger partial charge >= 0.3 is 6.18 Å². The lowest BCUT2D eigenvalue weighted by Crippen LogP contribution is -2.51. The lowest BCUT2D eigenvalue weighted by Gasteiger charge is -2.32. The molecular formula is C29H23F4N7O4S. The van der Waals surface area contributed by atoms with Crippen molar-refractivity contribution in [3.8, 4) is 22.8 Å². The summed E-state index contributed by atoms with van der Waals surface area (Å²) in [5, 5.41) is 25.3. The number of ether oxygens (including phenoxy) is 2. The first kappa shape index (κ1) is 29.0. The Hall–Kier alpha value is -4.70. The van der Waals surface area contributed by atoms with E-state index in [0.29, 0.717) is 33.5 Å². The Labute approximate surface area is 255 Å². The minimum atomic E-state index is -4.95. The second-order valence-electron chi connectivity index (χ2n) is 10.9. The average Bonchev–Trinajstić information content (AvgIpc) is 3.38. The number of halogens is 4. The zero-order valence-corrected chi connectivity index (χ0v) is 24.2. The first-order chi connectivity index (χ1) is 21.5. The highest BCUT2D eigenvalue weighted by Crippen LogP contribution is 2.54. The molecule has 1 aliphatic heterocycles. The maximum atomic E-state index is 15.0. The van der Waals surface area contributed by atoms with Gasteiger partial charge in [0.15, 0.2) is 5.75 Å². The van der Waals surface area contributed by atoms with Crippen molar-refractivity contribution >= 4 is 27.5 Å². The Kier molecular flexibility index (Phi) is 6.74. The molecule has 0 spiro atoms. The molecule has 16 heteroatoms. The number of carbonyl (C=O) groups is 1. The topological polar surface area (TPSA) is 137 Å². The van der Waals surface area contributed by atoms with Crippen molar-refractivity contribution in [3.63, 3.8) is 0 Å². The van der Waals surface area contributed by atoms with Crippen LogP contribution in [0, 0.1) is 11.7 Å². The molecule has 1 saturated carbocycles. The summed E-state index contributed by atoms with van der Waals surface area (Å²) in [7, 11) is 1.46. The standard InChI is InChI=1S/C29H23F4N7O4S/c1-43-20-8-16(9-21-24(20)35-14-45-21)26(41)34-11-27(42,17-4-5-17)22-10-19-25(23(37-22)15-2-6-18(30)7-3-15)44-12-28(19,29(31,32)33)40-13-36-38-39-40/h2-3,6-10,13-14,17,42H,4-5,11-12H2,1H3,(H,34,41)/t27?,28-/m0/s1. The molecule has 2 atom stereocenters. The first-order valence-electron chi connectivity index (χ1n) is 13.7. The second kappa shape index (κ2) is 10.4. The molecule has 2 N–H and O–H groups in total. The third-order valence-electron chi connectivity index (χ3n) is 8.27. The maximum Gasteiger partial charge on any atom is 0.421 e. The van der Waals surface area contributed by atoms with Gasteiger partial charge in [-0.15, -0.1) is 16.4 Å². The molecule has 0 radical (unpaired) electrons. The second-order valence-corrected chi connectivity index (χ2v) is 11.8. The number of hydrogen-bond donors (Lipinski definition) is 2. The number of hydrogen-bond acceptors (Lipinski definition) is 10. The summed E-state index contributed by atoms with van der Waals surface area (Å²) in [6, 6.07) is 9.31. The number of amides is 1. The molecule has 2 aliphatic rings. The van der Waals surface area contributed by atoms with E-state index in [1.165, 1.54) is 36.6 Å². The number of pyridine rings is 1. The van der Waals surface area contributed by atoms with Crippen LogP contribution < -0.4 is 14.8 Å². The van der Waals surface area contributed by atoms with E-state index in [0.717, 1.165) is 24.5 Å². The Balaban J connectivity index is 1.34. The molecule has 1 aliphatic carbocycles. The number of benzene rings is 2. The van der Waals surface area contributed by atoms with E-state index in [-0.39, 0.29) is 40.4 Å². The predicted molar refractivity (Wildman–Crippen MR) is 151 cm³/mol. The van der Waals surface area contributed by atoms with Crippen LogP contribution >= 0.6 is 11.3 Å². The van der Waals surface area contributed by atoms with Crippen LogP contribution in [-0.4, -0.2) is 67.6 Å². The van der Waals surface area contributed by atoms with Gasteiger partial charge in [-0.1, -0.05) is 0 Å². The van der Waals surface area contributed by atoms with Gasteiger partial charge in [0, 0.05) is 16.7 Å². The number of tetrazole rings is 1. The van der Waals surface area contributed by atoms with Gasteiger partial charge in [-0.25, -0.2) is 19.0 Å². The third kappa shape index (κ3) is 4.66. The monoisotopic (exact) mass is 641 g/mol. The maximum absolute atomic E-state index is 15.0. The summed E-state index contributed by atoms with van der Waals surface area (Å²) >= 11 is 1.32. The van der Waals surface area contributed by atoms with Gasteiger partial charge < -0.3 is 19.9 Å². The number of rotatable bonds is 8. The summed E-state index contributed by atoms with van der Waals surface area (Å²) in [6.45, 7) is -1.27. The molecule has 2 aromatic carbocycles. The summed E-state index contributed by atoms with van der Waals surface area (Å²) in [5.74, 6) is -1.32. The van der Waals surface area contributed by atoms with Crippen LogP contribution in [0.25, 0.3) is 21.5 Å². The minimum Gasteiger partial charge on any atom is -0.494 e. The summed E-state index contributed by atoms with van der Waals surface area (Å²) in [5.41, 5.74) is -2.53. The number of alkyl halides is 3. The highest BCUT2D eigenvalue weighted by atomic mass is 32.1. The van der Waals surface area contributed by atoms with E-state index in [1.807, 2.05) is 0 Å². The summed E-state index contributed by atoms with van der Waals surface area (Å²) in [4.78, 5) is 22.2. The molecule has 0 bridgehead atoms. The van der Waals surface area contributed by atoms with Gasteiger partial charge in [0.25, 0.3) is 5.91 Å². The predicted octanol–water partition coefficient (Wildman–Crippen LogP) is 4.22. The highest BCUT2D eigenvalue weighted by molar-refractivity contribution is 7.16. The van der Waals surface area contributed by atoms with Crippen LogP contribution in [-0.2, 0) is 11.1 Å². The zero-order valence-electron chi connectivity index (χ0n) is 23.4. The summed E-state index contributed by atoms with van der Waals surface area (Å²) in [6.07, 6.45) is -3.02. The van der Waals surface area contributed by atoms with Crippen molar-refractivity contribution in [2.45, 2.75) is 30.2 Å². The molecule has 232 valence electrons. The van der Waals surface area contributed by atoms with E-state index in [1.54, 1.807) is 11.6 Å². The van der Waals surface area contributed by atoms with Gasteiger partial charge in [0.2, 0.25) is 5.54 Å². The van der Waals surface area contributed by atoms with Crippen LogP contribution in [0.1, 0.15) is 34.5 Å². The Bertz CT molecular complexity index is 1910. The van der Waals surface area contributed by atoms with Crippen LogP contribution in [0.3, 0.4) is 0 Å². The van der Waals surface area contributed by atoms with E-state index < -0.39 is 41.6 Å². The van der Waals surface area contributed by atoms with Gasteiger partial charge in [0.05, 0.1) is 29.6 Å². The van der Waals surface area contributed by atoms with Crippen molar-refractivity contribution in [2.24, 2.45) is 5.92 Å². The number of methoxy groups -OCH3 is 1. The summed E-state index contributed by atoms with van der Waals surface area (Å²) < 4.78 is 71.3. The van der Waals surface area contributed by atoms with Crippen molar-refractivity contribution in [1.29, 1.82) is 0 Å². The molecule has 7 rings (SSSR count). The first-order valence-corrected chi connectivity index (χ1v) is 14.6. The van der Waals surface area contributed by atoms with E-state index in [9.17, 15) is 14.3 Å². The van der Waals surface area contributed by atoms with Crippen LogP contribution in [0.2, 0.25) is 0 Å². The van der Waals surface area contributed by atoms with Crippen LogP contribution in [0.4, 0.5) is 17.6 Å². The molecule has 1 amide bonds. The molecule has 5 aromatic rings. The molecule has 45 heavy (non-hydrogen) atoms. The number of aromatic nitrogens is 6. The molecular weight excluding hydrogens is 618 g/mol. The largest absolute Gasteiger partial charge is 0.494 e. The molecule has 1 fully saturated rings. The quantitative estimate of drug-likeness (QED) is 0.239. The van der Waals surface area contributed by atoms with Crippen molar-refractivity contribution in [2.75, 3.05) is 20.3 Å². The van der Waals surface area contributed by atoms with E-state index in [2.05, 4.69) is 30.8 Å². The highest BCUT2D eigenvalue weighted by Gasteiger charge is 2.64. The molecule has 0 saturated heterocycles. The Morgan fingerprint density at radius 2 is 2.00 bits per heavy atom. The average molecular weight is 642 g/mol. The van der Waals surface area contributed by atoms with E-state index >= 15 is 13.2 Å². The fraction of sp³-hybridized carbons (Fsp3) is 0.310. The fourth-order valence-electron chi connectivity index (χ4n) is 5.70. The van der Waals surface area contributed by atoms with Gasteiger partial charge in [0.1, 0.15) is 41.3 Å². The number of aliphatic hydroxyl groups is 1. The SMILES string of the molecule is COc1cc(C(=O)NCC(O)(c2cc3c(c(-c4ccc(F)cc4)n2)OC[C@@]3(n2cnnn2)C(F)(F)F)C2CC2)cc2scnc12. The molecule has 4 heterocycles. The normalized spacial score (nSPS) is 19.2. The zero-order chi connectivity index (χ0) is 31.6. The number of thiazole rings is 1. The Morgan fingerprint density at radius 1 is 1.22 bits per heavy atom. The van der Waals surface area contributed by atoms with Crippen LogP contribution in [0.5, 0.6) is 11.5 Å². The third-order valence-corrected chi connectivity index (χ3v) is 9.04. The molecule has 11 nitrogen and oxygen atoms in total. The Morgan fingerprint density at radius 3 is 2.67 bits per heavy atom. The number of fused-ring (bicyclic) bond motifs is 2. The molecule has 1 unspecified atom stereocenters. The van der Waals surface area contributed by atoms with Gasteiger partial charge in [-0.05, 0) is 71.7 Å². The minimum absolute atomic E-state index is 0.0347. The van der Waals surface area contributed by atoms with Crippen LogP contribution in [0.15, 0.2) is 54.3 Å². The lowest BCUT2D eigenvalue weighted by atomic mass is 9.85. The lowest BCUT2D eigenvalue weighted by molar-refractivity contribution is -0.205. The number of carbonyl (C=O) groups excluding carboxylic acids is 1. The van der Waals surface area contributed by atoms with Gasteiger partial charge in [-0.3, -0.25) is 4.79 Å². The number of nitrogens with zero attached hydrogens (tertiary/aromatic N) is 6. The smallest absolute Gasteiger partial charge is 0.421 e. The van der Waals surface area contributed by atoms with Crippen molar-refractivity contribution < 1.29 is 36.9 Å². The van der Waals surface area contributed by atoms with Crippen molar-refractivity contribution in [1.82, 2.24) is 35.5 Å².